The number of benzene rings is 3. The maximum absolute atomic E-state index is 16.2. The minimum Gasteiger partial charge on any atom is -0.468 e. The predicted octanol–water partition coefficient (Wildman–Crippen LogP) is 7.70. The smallest absolute Gasteiger partial charge is 0.315 e. The number of carbonyl (C=O) groups is 2. The fraction of sp³-hybridized carbons (Fsp3) is 0.417. The average Bonchev–Trinajstić information content (AvgIpc) is 3.72. The van der Waals surface area contributed by atoms with E-state index in [0.717, 1.165) is 48.2 Å². The lowest BCUT2D eigenvalue weighted by atomic mass is 9.73. The van der Waals surface area contributed by atoms with E-state index in [2.05, 4.69) is 14.8 Å². The number of hydrogen-bond donors (Lipinski definition) is 1. The molecule has 1 aromatic heterocycles. The van der Waals surface area contributed by atoms with Crippen molar-refractivity contribution in [2.24, 2.45) is 5.92 Å². The van der Waals surface area contributed by atoms with Crippen molar-refractivity contribution in [3.05, 3.63) is 93.5 Å². The van der Waals surface area contributed by atoms with Gasteiger partial charge in [0.2, 0.25) is 5.91 Å². The van der Waals surface area contributed by atoms with Gasteiger partial charge in [0.05, 0.1) is 28.6 Å². The number of aryl methyl sites for hydroxylation is 1. The molecule has 0 spiro atoms. The maximum Gasteiger partial charge on any atom is 0.315 e. The second-order valence-corrected chi connectivity index (χ2v) is 14.5. The van der Waals surface area contributed by atoms with Crippen LogP contribution in [0.4, 0.5) is 10.1 Å². The van der Waals surface area contributed by atoms with E-state index < -0.39 is 22.7 Å². The van der Waals surface area contributed by atoms with Crippen molar-refractivity contribution in [3.8, 4) is 0 Å². The summed E-state index contributed by atoms with van der Waals surface area (Å²) in [6.45, 7) is 7.05. The lowest BCUT2D eigenvalue weighted by Gasteiger charge is -2.40. The molecule has 7 nitrogen and oxygen atoms in total. The molecule has 4 atom stereocenters. The number of carbonyl (C=O) groups excluding carboxylic acids is 2. The highest BCUT2D eigenvalue weighted by Gasteiger charge is 2.63. The summed E-state index contributed by atoms with van der Waals surface area (Å²) in [6.07, 6.45) is 2.98. The van der Waals surface area contributed by atoms with Gasteiger partial charge in [-0.3, -0.25) is 14.5 Å². The van der Waals surface area contributed by atoms with Crippen LogP contribution in [0.1, 0.15) is 68.8 Å². The zero-order chi connectivity index (χ0) is 32.5. The Bertz CT molecular complexity index is 1870. The molecule has 1 saturated carbocycles. The first-order valence-corrected chi connectivity index (χ1v) is 16.6. The third-order valence-corrected chi connectivity index (χ3v) is 11.1. The number of esters is 1. The number of rotatable bonds is 7. The first-order chi connectivity index (χ1) is 21.9. The Labute approximate surface area is 278 Å². The fourth-order valence-electron chi connectivity index (χ4n) is 7.86. The van der Waals surface area contributed by atoms with Crippen molar-refractivity contribution in [3.63, 3.8) is 0 Å². The van der Waals surface area contributed by atoms with Crippen molar-refractivity contribution in [1.29, 1.82) is 0 Å². The Morgan fingerprint density at radius 2 is 1.85 bits per heavy atom. The van der Waals surface area contributed by atoms with Crippen LogP contribution in [-0.2, 0) is 26.3 Å². The van der Waals surface area contributed by atoms with Gasteiger partial charge in [-0.05, 0) is 93.5 Å². The number of halogens is 3. The molecule has 3 aliphatic rings. The normalized spacial score (nSPS) is 24.5. The third kappa shape index (κ3) is 4.92. The highest BCUT2D eigenvalue weighted by Crippen LogP contribution is 2.58. The van der Waals surface area contributed by atoms with Crippen LogP contribution >= 0.6 is 23.2 Å². The van der Waals surface area contributed by atoms with Gasteiger partial charge in [-0.1, -0.05) is 47.5 Å². The van der Waals surface area contributed by atoms with E-state index in [0.29, 0.717) is 28.7 Å². The predicted molar refractivity (Wildman–Crippen MR) is 178 cm³/mol. The average molecular weight is 664 g/mol. The van der Waals surface area contributed by atoms with Gasteiger partial charge in [0.1, 0.15) is 17.2 Å². The number of fused-ring (bicyclic) bond motifs is 5. The molecule has 7 rings (SSSR count). The fourth-order valence-corrected chi connectivity index (χ4v) is 8.23. The molecular formula is C36H37Cl2FN4O3. The second kappa shape index (κ2) is 11.4. The van der Waals surface area contributed by atoms with Gasteiger partial charge >= 0.3 is 5.97 Å². The molecule has 240 valence electrons. The Balaban J connectivity index is 1.41. The number of ether oxygens (including phenoxy) is 1. The minimum atomic E-state index is -1.14. The van der Waals surface area contributed by atoms with Crippen LogP contribution in [0.3, 0.4) is 0 Å². The summed E-state index contributed by atoms with van der Waals surface area (Å²) in [5.41, 5.74) is 1.46. The Morgan fingerprint density at radius 1 is 1.09 bits per heavy atom. The highest BCUT2D eigenvalue weighted by atomic mass is 35.5. The highest BCUT2D eigenvalue weighted by molar-refractivity contribution is 6.31. The SMILES string of the molecule is COC(=O)C(C)(C)c1ccc2c(c1)nc1n2CC[C@H]2[C@@H]1[C@H](c1cccc(Cl)c1F)[C@](C)(C(=O)Nc1cccc(Cl)c1)N2CC1CC1. The van der Waals surface area contributed by atoms with Crippen LogP contribution < -0.4 is 5.32 Å². The van der Waals surface area contributed by atoms with Crippen LogP contribution in [0.2, 0.25) is 10.0 Å². The molecular weight excluding hydrogens is 626 g/mol. The summed E-state index contributed by atoms with van der Waals surface area (Å²) in [5.74, 6) is -0.692. The molecule has 10 heteroatoms. The van der Waals surface area contributed by atoms with Crippen LogP contribution in [0.25, 0.3) is 11.0 Å². The van der Waals surface area contributed by atoms with Crippen LogP contribution in [0.5, 0.6) is 0 Å². The van der Waals surface area contributed by atoms with Crippen molar-refractivity contribution < 1.29 is 18.7 Å². The number of nitrogens with zero attached hydrogens (tertiary/aromatic N) is 3. The number of nitrogens with one attached hydrogen (secondary N) is 1. The van der Waals surface area contributed by atoms with E-state index in [1.807, 2.05) is 45.0 Å². The number of methoxy groups -OCH3 is 1. The Morgan fingerprint density at radius 3 is 2.57 bits per heavy atom. The molecule has 3 aromatic carbocycles. The van der Waals surface area contributed by atoms with Crippen molar-refractivity contribution in [2.75, 3.05) is 19.0 Å². The molecule has 0 bridgehead atoms. The van der Waals surface area contributed by atoms with Crippen LogP contribution in [0, 0.1) is 11.7 Å². The Kier molecular flexibility index (Phi) is 7.69. The van der Waals surface area contributed by atoms with Crippen molar-refractivity contribution in [2.45, 2.75) is 75.4 Å². The van der Waals surface area contributed by atoms with Gasteiger partial charge in [0.25, 0.3) is 0 Å². The van der Waals surface area contributed by atoms with Gasteiger partial charge < -0.3 is 14.6 Å². The van der Waals surface area contributed by atoms with Gasteiger partial charge in [-0.25, -0.2) is 9.37 Å². The topological polar surface area (TPSA) is 76.5 Å². The van der Waals surface area contributed by atoms with E-state index >= 15 is 4.39 Å². The number of aromatic nitrogens is 2. The number of likely N-dealkylation sites (tertiary alicyclic amines) is 1. The quantitative estimate of drug-likeness (QED) is 0.205. The monoisotopic (exact) mass is 662 g/mol. The van der Waals surface area contributed by atoms with Crippen LogP contribution in [-0.4, -0.2) is 51.6 Å². The molecule has 46 heavy (non-hydrogen) atoms. The number of hydrogen-bond acceptors (Lipinski definition) is 5. The molecule has 2 fully saturated rings. The molecule has 4 aromatic rings. The molecule has 0 radical (unpaired) electrons. The largest absolute Gasteiger partial charge is 0.468 e. The Hall–Kier alpha value is -3.46. The number of anilines is 1. The first kappa shape index (κ1) is 31.2. The van der Waals surface area contributed by atoms with Gasteiger partial charge in [-0.2, -0.15) is 0 Å². The van der Waals surface area contributed by atoms with Gasteiger partial charge in [0.15, 0.2) is 0 Å². The summed E-state index contributed by atoms with van der Waals surface area (Å²) < 4.78 is 23.5. The zero-order valence-corrected chi connectivity index (χ0v) is 27.8. The van der Waals surface area contributed by atoms with E-state index in [4.69, 9.17) is 32.9 Å². The lowest BCUT2D eigenvalue weighted by Crippen LogP contribution is -2.56. The molecule has 1 saturated heterocycles. The van der Waals surface area contributed by atoms with Crippen LogP contribution in [0.15, 0.2) is 60.7 Å². The van der Waals surface area contributed by atoms with Gasteiger partial charge in [-0.15, -0.1) is 0 Å². The molecule has 2 aliphatic heterocycles. The van der Waals surface area contributed by atoms with E-state index in [1.54, 1.807) is 36.4 Å². The van der Waals surface area contributed by atoms with E-state index in [9.17, 15) is 9.59 Å². The third-order valence-electron chi connectivity index (χ3n) is 10.5. The second-order valence-electron chi connectivity index (χ2n) is 13.7. The molecule has 0 unspecified atom stereocenters. The van der Waals surface area contributed by atoms with Gasteiger partial charge in [0, 0.05) is 41.7 Å². The standard InChI is InChI=1S/C36H37Cl2FN4O3/c1-35(2,34(45)46-4)21-13-14-27-26(17-21)41-32-29-28(15-16-42(27)32)43(19-20-11-12-20)36(3,30(29)24-9-6-10-25(38)31(24)39)33(44)40-23-8-5-7-22(37)18-23/h5-10,13-14,17-18,20,28-30H,11-12,15-16,19H2,1-4H3,(H,40,44)/t28-,29+,30-,36+/m0/s1. The first-order valence-electron chi connectivity index (χ1n) is 15.8. The summed E-state index contributed by atoms with van der Waals surface area (Å²) in [7, 11) is 1.39. The summed E-state index contributed by atoms with van der Waals surface area (Å²) in [5, 5.41) is 3.66. The summed E-state index contributed by atoms with van der Waals surface area (Å²) in [6, 6.07) is 18.0. The molecule has 1 aliphatic carbocycles. The molecule has 1 N–H and O–H groups in total. The van der Waals surface area contributed by atoms with E-state index in [1.165, 1.54) is 7.11 Å². The number of amides is 1. The minimum absolute atomic E-state index is 0.0197. The van der Waals surface area contributed by atoms with E-state index in [-0.39, 0.29) is 28.9 Å². The molecule has 3 heterocycles. The zero-order valence-electron chi connectivity index (χ0n) is 26.3. The summed E-state index contributed by atoms with van der Waals surface area (Å²) >= 11 is 12.7. The summed E-state index contributed by atoms with van der Waals surface area (Å²) in [4.78, 5) is 34.9. The van der Waals surface area contributed by atoms with Crippen molar-refractivity contribution >= 4 is 51.8 Å². The lowest BCUT2D eigenvalue weighted by molar-refractivity contribution is -0.146. The number of imidazole rings is 1. The maximum atomic E-state index is 16.2. The van der Waals surface area contributed by atoms with Crippen molar-refractivity contribution in [1.82, 2.24) is 14.5 Å². The molecule has 1 amide bonds.